The summed E-state index contributed by atoms with van der Waals surface area (Å²) in [6.45, 7) is 4.13. The molecule has 1 aliphatic heterocycles. The Morgan fingerprint density at radius 2 is 2.00 bits per heavy atom. The van der Waals surface area contributed by atoms with Crippen molar-refractivity contribution in [2.75, 3.05) is 13.1 Å². The van der Waals surface area contributed by atoms with Crippen LogP contribution < -0.4 is 10.6 Å². The van der Waals surface area contributed by atoms with Crippen LogP contribution in [0.25, 0.3) is 10.8 Å². The van der Waals surface area contributed by atoms with Gasteiger partial charge in [0.2, 0.25) is 0 Å². The fourth-order valence-corrected chi connectivity index (χ4v) is 2.90. The van der Waals surface area contributed by atoms with Gasteiger partial charge >= 0.3 is 0 Å². The average molecular weight is 268 g/mol. The third-order valence-corrected chi connectivity index (χ3v) is 4.14. The molecule has 1 saturated heterocycles. The van der Waals surface area contributed by atoms with Crippen molar-refractivity contribution >= 4 is 16.7 Å². The van der Waals surface area contributed by atoms with Crippen LogP contribution in [0.5, 0.6) is 0 Å². The second kappa shape index (κ2) is 5.63. The van der Waals surface area contributed by atoms with Crippen molar-refractivity contribution in [3.05, 3.63) is 48.0 Å². The molecule has 3 rings (SSSR count). The Kier molecular flexibility index (Phi) is 3.70. The lowest BCUT2D eigenvalue weighted by Gasteiger charge is -2.30. The smallest absolute Gasteiger partial charge is 0.252 e. The second-order valence-corrected chi connectivity index (χ2v) is 5.58. The van der Waals surface area contributed by atoms with Crippen molar-refractivity contribution < 1.29 is 4.79 Å². The minimum atomic E-state index is 0.0422. The molecule has 1 amide bonds. The lowest BCUT2D eigenvalue weighted by molar-refractivity contribution is 0.0916. The molecule has 3 nitrogen and oxygen atoms in total. The molecule has 2 N–H and O–H groups in total. The topological polar surface area (TPSA) is 41.1 Å². The summed E-state index contributed by atoms with van der Waals surface area (Å²) < 4.78 is 0. The van der Waals surface area contributed by atoms with Gasteiger partial charge < -0.3 is 10.6 Å². The van der Waals surface area contributed by atoms with E-state index in [2.05, 4.69) is 17.6 Å². The summed E-state index contributed by atoms with van der Waals surface area (Å²) in [4.78, 5) is 12.5. The van der Waals surface area contributed by atoms with Crippen LogP contribution in [0.4, 0.5) is 0 Å². The van der Waals surface area contributed by atoms with Crippen LogP contribution in [0.1, 0.15) is 23.7 Å². The van der Waals surface area contributed by atoms with E-state index < -0.39 is 0 Å². The van der Waals surface area contributed by atoms with Gasteiger partial charge in [-0.15, -0.1) is 0 Å². The molecule has 1 aliphatic rings. The molecular formula is C17H20N2O. The normalized spacial score (nSPS) is 22.6. The molecule has 20 heavy (non-hydrogen) atoms. The van der Waals surface area contributed by atoms with Crippen LogP contribution in [0.15, 0.2) is 42.5 Å². The van der Waals surface area contributed by atoms with E-state index in [0.29, 0.717) is 5.92 Å². The fraction of sp³-hybridized carbons (Fsp3) is 0.353. The van der Waals surface area contributed by atoms with Crippen molar-refractivity contribution in [2.24, 2.45) is 5.92 Å². The number of hydrogen-bond acceptors (Lipinski definition) is 2. The van der Waals surface area contributed by atoms with Crippen LogP contribution >= 0.6 is 0 Å². The molecule has 2 atom stereocenters. The van der Waals surface area contributed by atoms with E-state index >= 15 is 0 Å². The standard InChI is InChI=1S/C17H20N2O/c1-12-11-18-10-9-16(12)19-17(20)15-8-4-6-13-5-2-3-7-14(13)15/h2-8,12,16,18H,9-11H2,1H3,(H,19,20). The van der Waals surface area contributed by atoms with Crippen LogP contribution in [0.2, 0.25) is 0 Å². The van der Waals surface area contributed by atoms with Crippen molar-refractivity contribution in [3.8, 4) is 0 Å². The van der Waals surface area contributed by atoms with Crippen LogP contribution in [-0.4, -0.2) is 25.0 Å². The number of benzene rings is 2. The summed E-state index contributed by atoms with van der Waals surface area (Å²) in [5.74, 6) is 0.517. The first kappa shape index (κ1) is 13.1. The second-order valence-electron chi connectivity index (χ2n) is 5.58. The van der Waals surface area contributed by atoms with Crippen molar-refractivity contribution in [3.63, 3.8) is 0 Å². The molecule has 2 aromatic rings. The predicted octanol–water partition coefficient (Wildman–Crippen LogP) is 2.57. The fourth-order valence-electron chi connectivity index (χ4n) is 2.90. The molecule has 1 fully saturated rings. The van der Waals surface area contributed by atoms with E-state index in [0.717, 1.165) is 35.8 Å². The molecule has 0 radical (unpaired) electrons. The quantitative estimate of drug-likeness (QED) is 0.879. The Morgan fingerprint density at radius 3 is 2.85 bits per heavy atom. The van der Waals surface area contributed by atoms with Crippen LogP contribution in [0, 0.1) is 5.92 Å². The number of nitrogens with one attached hydrogen (secondary N) is 2. The number of piperidine rings is 1. The van der Waals surface area contributed by atoms with Gasteiger partial charge in [0.1, 0.15) is 0 Å². The van der Waals surface area contributed by atoms with Gasteiger partial charge in [0.15, 0.2) is 0 Å². The Hall–Kier alpha value is -1.87. The highest BCUT2D eigenvalue weighted by Crippen LogP contribution is 2.19. The van der Waals surface area contributed by atoms with E-state index in [4.69, 9.17) is 0 Å². The van der Waals surface area contributed by atoms with Crippen LogP contribution in [0.3, 0.4) is 0 Å². The van der Waals surface area contributed by atoms with Gasteiger partial charge in [0.25, 0.3) is 5.91 Å². The Labute approximate surface area is 119 Å². The maximum atomic E-state index is 12.5. The molecule has 0 aliphatic carbocycles. The molecule has 3 heteroatoms. The number of carbonyl (C=O) groups excluding carboxylic acids is 1. The Bertz CT molecular complexity index is 618. The molecule has 0 aromatic heterocycles. The zero-order valence-electron chi connectivity index (χ0n) is 11.7. The third-order valence-electron chi connectivity index (χ3n) is 4.14. The molecule has 2 aromatic carbocycles. The van der Waals surface area contributed by atoms with E-state index in [1.165, 1.54) is 0 Å². The largest absolute Gasteiger partial charge is 0.349 e. The number of rotatable bonds is 2. The number of fused-ring (bicyclic) bond motifs is 1. The first-order chi connectivity index (χ1) is 9.75. The lowest BCUT2D eigenvalue weighted by Crippen LogP contribution is -2.48. The van der Waals surface area contributed by atoms with Gasteiger partial charge in [-0.05, 0) is 42.3 Å². The van der Waals surface area contributed by atoms with E-state index in [-0.39, 0.29) is 11.9 Å². The first-order valence-electron chi connectivity index (χ1n) is 7.25. The highest BCUT2D eigenvalue weighted by atomic mass is 16.1. The number of hydrogen-bond donors (Lipinski definition) is 2. The Balaban J connectivity index is 1.85. The maximum absolute atomic E-state index is 12.5. The van der Waals surface area contributed by atoms with Crippen molar-refractivity contribution in [2.45, 2.75) is 19.4 Å². The predicted molar refractivity (Wildman–Crippen MR) is 81.9 cm³/mol. The summed E-state index contributed by atoms with van der Waals surface area (Å²) in [6, 6.07) is 14.2. The van der Waals surface area contributed by atoms with E-state index in [9.17, 15) is 4.79 Å². The molecule has 104 valence electrons. The van der Waals surface area contributed by atoms with E-state index in [1.54, 1.807) is 0 Å². The summed E-state index contributed by atoms with van der Waals surface area (Å²) >= 11 is 0. The monoisotopic (exact) mass is 268 g/mol. The Morgan fingerprint density at radius 1 is 1.20 bits per heavy atom. The van der Waals surface area contributed by atoms with Crippen molar-refractivity contribution in [1.29, 1.82) is 0 Å². The van der Waals surface area contributed by atoms with Gasteiger partial charge in [-0.2, -0.15) is 0 Å². The maximum Gasteiger partial charge on any atom is 0.252 e. The van der Waals surface area contributed by atoms with E-state index in [1.807, 2.05) is 42.5 Å². The van der Waals surface area contributed by atoms with Gasteiger partial charge in [0.05, 0.1) is 0 Å². The van der Waals surface area contributed by atoms with Gasteiger partial charge in [-0.3, -0.25) is 4.79 Å². The minimum Gasteiger partial charge on any atom is -0.349 e. The first-order valence-corrected chi connectivity index (χ1v) is 7.25. The summed E-state index contributed by atoms with van der Waals surface area (Å²) in [5.41, 5.74) is 0.772. The van der Waals surface area contributed by atoms with Gasteiger partial charge in [0, 0.05) is 11.6 Å². The van der Waals surface area contributed by atoms with Gasteiger partial charge in [-0.1, -0.05) is 43.3 Å². The summed E-state index contributed by atoms with van der Waals surface area (Å²) in [7, 11) is 0. The zero-order chi connectivity index (χ0) is 13.9. The molecule has 0 saturated carbocycles. The summed E-state index contributed by atoms with van der Waals surface area (Å²) in [5, 5.41) is 8.69. The van der Waals surface area contributed by atoms with Gasteiger partial charge in [-0.25, -0.2) is 0 Å². The highest BCUT2D eigenvalue weighted by molar-refractivity contribution is 6.07. The lowest BCUT2D eigenvalue weighted by atomic mass is 9.94. The zero-order valence-corrected chi connectivity index (χ0v) is 11.7. The number of amides is 1. The minimum absolute atomic E-state index is 0.0422. The third kappa shape index (κ3) is 2.54. The molecule has 0 spiro atoms. The average Bonchev–Trinajstić information content (AvgIpc) is 2.49. The molecule has 0 bridgehead atoms. The SMILES string of the molecule is CC1CNCCC1NC(=O)c1cccc2ccccc12. The highest BCUT2D eigenvalue weighted by Gasteiger charge is 2.23. The molecule has 1 heterocycles. The molecular weight excluding hydrogens is 248 g/mol. The number of carbonyl (C=O) groups is 1. The van der Waals surface area contributed by atoms with Crippen LogP contribution in [-0.2, 0) is 0 Å². The molecule has 2 unspecified atom stereocenters. The van der Waals surface area contributed by atoms with Crippen molar-refractivity contribution in [1.82, 2.24) is 10.6 Å². The summed E-state index contributed by atoms with van der Waals surface area (Å²) in [6.07, 6.45) is 0.998.